The van der Waals surface area contributed by atoms with Gasteiger partial charge in [-0.2, -0.15) is 0 Å². The van der Waals surface area contributed by atoms with E-state index in [-0.39, 0.29) is 18.3 Å². The van der Waals surface area contributed by atoms with E-state index in [2.05, 4.69) is 30.9 Å². The van der Waals surface area contributed by atoms with Gasteiger partial charge in [-0.3, -0.25) is 9.69 Å². The van der Waals surface area contributed by atoms with Crippen molar-refractivity contribution in [3.63, 3.8) is 0 Å². The summed E-state index contributed by atoms with van der Waals surface area (Å²) in [4.78, 5) is 22.0. The van der Waals surface area contributed by atoms with Crippen molar-refractivity contribution in [2.75, 3.05) is 32.1 Å². The van der Waals surface area contributed by atoms with Gasteiger partial charge in [0.1, 0.15) is 11.5 Å². The van der Waals surface area contributed by atoms with Crippen molar-refractivity contribution in [2.24, 2.45) is 0 Å². The van der Waals surface area contributed by atoms with Crippen molar-refractivity contribution < 1.29 is 9.21 Å². The number of thiazole rings is 1. The number of amides is 1. The zero-order valence-corrected chi connectivity index (χ0v) is 19.0. The van der Waals surface area contributed by atoms with Crippen molar-refractivity contribution >= 4 is 45.0 Å². The van der Waals surface area contributed by atoms with Crippen LogP contribution in [-0.4, -0.2) is 43.0 Å². The van der Waals surface area contributed by atoms with Crippen molar-refractivity contribution in [1.82, 2.24) is 9.88 Å². The Bertz CT molecular complexity index is 978. The summed E-state index contributed by atoms with van der Waals surface area (Å²) < 4.78 is 6.73. The lowest BCUT2D eigenvalue weighted by molar-refractivity contribution is 0.0984. The van der Waals surface area contributed by atoms with Gasteiger partial charge in [-0.25, -0.2) is 4.98 Å². The van der Waals surface area contributed by atoms with Gasteiger partial charge < -0.3 is 9.32 Å². The minimum Gasteiger partial charge on any atom is -0.466 e. The molecule has 0 aliphatic rings. The number of benzene rings is 1. The molecule has 0 spiro atoms. The first-order valence-corrected chi connectivity index (χ1v) is 9.99. The molecule has 0 N–H and O–H groups in total. The Balaban J connectivity index is 0.00000280. The molecule has 0 saturated heterocycles. The highest BCUT2D eigenvalue weighted by Gasteiger charge is 2.24. The molecule has 5 nitrogen and oxygen atoms in total. The van der Waals surface area contributed by atoms with E-state index >= 15 is 0 Å². The average Bonchev–Trinajstić information content (AvgIpc) is 3.13. The average molecular weight is 422 g/mol. The van der Waals surface area contributed by atoms with Crippen LogP contribution in [0.3, 0.4) is 0 Å². The maximum atomic E-state index is 13.3. The molecule has 0 radical (unpaired) electrons. The molecule has 0 atom stereocenters. The van der Waals surface area contributed by atoms with Gasteiger partial charge >= 0.3 is 0 Å². The topological polar surface area (TPSA) is 49.6 Å². The molecule has 7 heteroatoms. The lowest BCUT2D eigenvalue weighted by atomic mass is 10.1. The molecule has 3 rings (SSSR count). The number of carbonyl (C=O) groups is 1. The maximum absolute atomic E-state index is 13.3. The standard InChI is InChI=1S/C21H27N3O2S.ClH/c1-13-10-14(2)19-18(11-13)22-21(27-19)24(9-7-8-23(5)6)20(25)17-12-15(3)26-16(17)4;/h10-12H,7-9H2,1-6H3;1H. The number of rotatable bonds is 6. The minimum atomic E-state index is -0.0449. The zero-order valence-electron chi connectivity index (χ0n) is 17.3. The van der Waals surface area contributed by atoms with Gasteiger partial charge in [0.05, 0.1) is 15.8 Å². The number of anilines is 1. The first-order chi connectivity index (χ1) is 12.8. The van der Waals surface area contributed by atoms with E-state index in [1.54, 1.807) is 16.2 Å². The molecule has 28 heavy (non-hydrogen) atoms. The molecule has 1 aromatic carbocycles. The van der Waals surface area contributed by atoms with Gasteiger partial charge in [0.25, 0.3) is 5.91 Å². The largest absolute Gasteiger partial charge is 0.466 e. The van der Waals surface area contributed by atoms with E-state index < -0.39 is 0 Å². The highest BCUT2D eigenvalue weighted by molar-refractivity contribution is 7.22. The molecular weight excluding hydrogens is 394 g/mol. The van der Waals surface area contributed by atoms with Gasteiger partial charge in [-0.15, -0.1) is 12.4 Å². The van der Waals surface area contributed by atoms with Crippen LogP contribution in [0, 0.1) is 27.7 Å². The summed E-state index contributed by atoms with van der Waals surface area (Å²) in [5.41, 5.74) is 3.95. The molecule has 2 heterocycles. The van der Waals surface area contributed by atoms with Gasteiger partial charge in [-0.1, -0.05) is 17.4 Å². The molecule has 2 aromatic heterocycles. The summed E-state index contributed by atoms with van der Waals surface area (Å²) in [6.07, 6.45) is 0.878. The second-order valence-corrected chi connectivity index (χ2v) is 8.34. The normalized spacial score (nSPS) is 11.1. The first-order valence-electron chi connectivity index (χ1n) is 9.17. The van der Waals surface area contributed by atoms with E-state index in [0.29, 0.717) is 17.9 Å². The molecule has 0 saturated carbocycles. The molecule has 0 aliphatic carbocycles. The van der Waals surface area contributed by atoms with Crippen LogP contribution in [0.4, 0.5) is 5.13 Å². The molecule has 0 aliphatic heterocycles. The minimum absolute atomic E-state index is 0. The number of hydrogen-bond donors (Lipinski definition) is 0. The molecule has 1 amide bonds. The predicted octanol–water partition coefficient (Wildman–Crippen LogP) is 5.14. The Kier molecular flexibility index (Phi) is 7.26. The van der Waals surface area contributed by atoms with Crippen LogP contribution in [-0.2, 0) is 0 Å². The maximum Gasteiger partial charge on any atom is 0.263 e. The zero-order chi connectivity index (χ0) is 19.7. The highest BCUT2D eigenvalue weighted by Crippen LogP contribution is 2.33. The smallest absolute Gasteiger partial charge is 0.263 e. The number of fused-ring (bicyclic) bond motifs is 1. The molecule has 0 fully saturated rings. The van der Waals surface area contributed by atoms with E-state index in [0.717, 1.165) is 34.1 Å². The number of carbonyl (C=O) groups excluding carboxylic acids is 1. The lowest BCUT2D eigenvalue weighted by Crippen LogP contribution is -2.33. The summed E-state index contributed by atoms with van der Waals surface area (Å²) in [6.45, 7) is 9.41. The van der Waals surface area contributed by atoms with Crippen molar-refractivity contribution in [2.45, 2.75) is 34.1 Å². The number of nitrogens with zero attached hydrogens (tertiary/aromatic N) is 3. The van der Waals surface area contributed by atoms with E-state index in [9.17, 15) is 4.79 Å². The van der Waals surface area contributed by atoms with E-state index in [4.69, 9.17) is 9.40 Å². The van der Waals surface area contributed by atoms with E-state index in [1.165, 1.54) is 11.1 Å². The summed E-state index contributed by atoms with van der Waals surface area (Å²) in [5, 5.41) is 0.751. The third-order valence-electron chi connectivity index (χ3n) is 4.54. The molecule has 0 unspecified atom stereocenters. The Morgan fingerprint density at radius 3 is 2.43 bits per heavy atom. The fourth-order valence-electron chi connectivity index (χ4n) is 3.30. The SMILES string of the molecule is Cc1cc(C)c2sc(N(CCCN(C)C)C(=O)c3cc(C)oc3C)nc2c1.Cl. The van der Waals surface area contributed by atoms with Crippen LogP contribution < -0.4 is 4.90 Å². The fourth-order valence-corrected chi connectivity index (χ4v) is 4.34. The summed E-state index contributed by atoms with van der Waals surface area (Å²) in [7, 11) is 4.08. The van der Waals surface area contributed by atoms with Gasteiger partial charge in [0, 0.05) is 6.54 Å². The van der Waals surface area contributed by atoms with Gasteiger partial charge in [0.15, 0.2) is 5.13 Å². The van der Waals surface area contributed by atoms with Crippen LogP contribution in [0.15, 0.2) is 22.6 Å². The first kappa shape index (κ1) is 22.4. The highest BCUT2D eigenvalue weighted by atomic mass is 35.5. The predicted molar refractivity (Wildman–Crippen MR) is 119 cm³/mol. The van der Waals surface area contributed by atoms with Gasteiger partial charge in [0.2, 0.25) is 0 Å². The van der Waals surface area contributed by atoms with Crippen LogP contribution >= 0.6 is 23.7 Å². The Morgan fingerprint density at radius 2 is 1.82 bits per heavy atom. The number of halogens is 1. The molecule has 152 valence electrons. The van der Waals surface area contributed by atoms with Gasteiger partial charge in [-0.05, 0) is 78.0 Å². The van der Waals surface area contributed by atoms with Crippen LogP contribution in [0.1, 0.15) is 39.4 Å². The fraction of sp³-hybridized carbons (Fsp3) is 0.429. The Labute approximate surface area is 176 Å². The van der Waals surface area contributed by atoms with Crippen molar-refractivity contribution in [1.29, 1.82) is 0 Å². The number of aromatic nitrogens is 1. The van der Waals surface area contributed by atoms with Crippen molar-refractivity contribution in [3.05, 3.63) is 46.4 Å². The Morgan fingerprint density at radius 1 is 1.11 bits per heavy atom. The third-order valence-corrected chi connectivity index (χ3v) is 5.77. The quantitative estimate of drug-likeness (QED) is 0.552. The molecule has 0 bridgehead atoms. The monoisotopic (exact) mass is 421 g/mol. The molecule has 3 aromatic rings. The van der Waals surface area contributed by atoms with E-state index in [1.807, 2.05) is 34.0 Å². The van der Waals surface area contributed by atoms with Crippen molar-refractivity contribution in [3.8, 4) is 0 Å². The summed E-state index contributed by atoms with van der Waals surface area (Å²) in [5.74, 6) is 1.36. The second kappa shape index (κ2) is 9.07. The van der Waals surface area contributed by atoms with Crippen LogP contribution in [0.2, 0.25) is 0 Å². The second-order valence-electron chi connectivity index (χ2n) is 7.37. The summed E-state index contributed by atoms with van der Waals surface area (Å²) >= 11 is 1.58. The van der Waals surface area contributed by atoms with Crippen LogP contribution in [0.25, 0.3) is 10.2 Å². The number of aryl methyl sites for hydroxylation is 4. The molecular formula is C21H28ClN3O2S. The Hall–Kier alpha value is -1.89. The summed E-state index contributed by atoms with van der Waals surface area (Å²) in [6, 6.07) is 6.06. The number of furan rings is 1. The third kappa shape index (κ3) is 4.74. The number of hydrogen-bond acceptors (Lipinski definition) is 5. The lowest BCUT2D eigenvalue weighted by Gasteiger charge is -2.20. The van der Waals surface area contributed by atoms with Crippen LogP contribution in [0.5, 0.6) is 0 Å².